The zero-order chi connectivity index (χ0) is 21.1. The molecule has 0 radical (unpaired) electrons. The van der Waals surface area contributed by atoms with Gasteiger partial charge in [0.2, 0.25) is 0 Å². The van der Waals surface area contributed by atoms with E-state index in [1.807, 2.05) is 30.3 Å². The number of rotatable bonds is 6. The van der Waals surface area contributed by atoms with Gasteiger partial charge in [0.25, 0.3) is 5.91 Å². The summed E-state index contributed by atoms with van der Waals surface area (Å²) in [5.74, 6) is 0.0530. The lowest BCUT2D eigenvalue weighted by Gasteiger charge is -2.17. The topological polar surface area (TPSA) is 88.8 Å². The number of aliphatic hydroxyl groups is 1. The Morgan fingerprint density at radius 2 is 1.70 bits per heavy atom. The Kier molecular flexibility index (Phi) is 5.50. The number of carbonyl (C=O) groups excluding carboxylic acids is 1. The zero-order valence-electron chi connectivity index (χ0n) is 16.4. The Bertz CT molecular complexity index is 1250. The lowest BCUT2D eigenvalue weighted by atomic mass is 10.1. The lowest BCUT2D eigenvalue weighted by Crippen LogP contribution is -2.38. The molecule has 0 aliphatic heterocycles. The molecular weight excluding hydrogens is 382 g/mol. The molecule has 2 atom stereocenters. The van der Waals surface area contributed by atoms with Crippen LogP contribution < -0.4 is 15.7 Å². The van der Waals surface area contributed by atoms with Crippen molar-refractivity contribution in [1.82, 2.24) is 5.32 Å². The number of nitrogens with one attached hydrogen (secondary N) is 1. The first-order valence-corrected chi connectivity index (χ1v) is 9.66. The Labute approximate surface area is 172 Å². The highest BCUT2D eigenvalue weighted by atomic mass is 16.5. The van der Waals surface area contributed by atoms with Gasteiger partial charge in [-0.3, -0.25) is 4.79 Å². The highest BCUT2D eigenvalue weighted by molar-refractivity contribution is 6.04. The van der Waals surface area contributed by atoms with Crippen molar-refractivity contribution in [3.05, 3.63) is 88.8 Å². The minimum Gasteiger partial charge on any atom is -0.481 e. The second kappa shape index (κ2) is 8.39. The fraction of sp³-hybridized carbons (Fsp3) is 0.167. The van der Waals surface area contributed by atoms with Crippen molar-refractivity contribution in [3.63, 3.8) is 0 Å². The predicted molar refractivity (Wildman–Crippen MR) is 114 cm³/mol. The van der Waals surface area contributed by atoms with E-state index in [1.165, 1.54) is 0 Å². The molecule has 0 fully saturated rings. The van der Waals surface area contributed by atoms with E-state index in [0.717, 1.165) is 16.3 Å². The molecule has 0 aliphatic carbocycles. The second-order valence-corrected chi connectivity index (χ2v) is 7.02. The molecular formula is C24H21NO5. The molecule has 30 heavy (non-hydrogen) atoms. The standard InChI is InChI=1S/C24H21NO5/c1-15(23(27)25-14-21(26)16-7-3-2-4-8-16)29-17-11-12-19-18-9-5-6-10-20(18)24(28)30-22(19)13-17/h2-13,15,21,26H,14H2,1H3,(H,25,27). The summed E-state index contributed by atoms with van der Waals surface area (Å²) >= 11 is 0. The van der Waals surface area contributed by atoms with E-state index < -0.39 is 17.8 Å². The fourth-order valence-electron chi connectivity index (χ4n) is 3.33. The third kappa shape index (κ3) is 4.04. The average Bonchev–Trinajstić information content (AvgIpc) is 2.78. The number of hydrogen-bond acceptors (Lipinski definition) is 5. The number of amides is 1. The Morgan fingerprint density at radius 1 is 1.00 bits per heavy atom. The van der Waals surface area contributed by atoms with Crippen LogP contribution in [0.15, 0.2) is 82.0 Å². The zero-order valence-corrected chi connectivity index (χ0v) is 16.4. The van der Waals surface area contributed by atoms with Gasteiger partial charge in [-0.05, 0) is 36.1 Å². The molecule has 6 heteroatoms. The van der Waals surface area contributed by atoms with Crippen LogP contribution in [0.2, 0.25) is 0 Å². The van der Waals surface area contributed by atoms with Gasteiger partial charge in [0.15, 0.2) is 6.10 Å². The van der Waals surface area contributed by atoms with Crippen molar-refractivity contribution < 1.29 is 19.1 Å². The van der Waals surface area contributed by atoms with E-state index >= 15 is 0 Å². The van der Waals surface area contributed by atoms with E-state index in [1.54, 1.807) is 49.4 Å². The van der Waals surface area contributed by atoms with Gasteiger partial charge < -0.3 is 19.6 Å². The Balaban J connectivity index is 1.46. The normalized spacial score (nSPS) is 13.1. The summed E-state index contributed by atoms with van der Waals surface area (Å²) in [6.45, 7) is 1.69. The van der Waals surface area contributed by atoms with Gasteiger partial charge in [0.1, 0.15) is 11.3 Å². The van der Waals surface area contributed by atoms with E-state index in [-0.39, 0.29) is 12.5 Å². The summed E-state index contributed by atoms with van der Waals surface area (Å²) in [5.41, 5.74) is 0.697. The first kappa shape index (κ1) is 19.7. The number of carbonyl (C=O) groups is 1. The fourth-order valence-corrected chi connectivity index (χ4v) is 3.33. The van der Waals surface area contributed by atoms with Crippen LogP contribution in [0.5, 0.6) is 5.75 Å². The first-order valence-electron chi connectivity index (χ1n) is 9.66. The number of benzene rings is 3. The van der Waals surface area contributed by atoms with Crippen molar-refractivity contribution in [2.24, 2.45) is 0 Å². The number of aliphatic hydroxyl groups excluding tert-OH is 1. The van der Waals surface area contributed by atoms with Crippen LogP contribution in [0.25, 0.3) is 21.7 Å². The maximum absolute atomic E-state index is 12.4. The summed E-state index contributed by atoms with van der Waals surface area (Å²) < 4.78 is 11.1. The highest BCUT2D eigenvalue weighted by Crippen LogP contribution is 2.26. The number of hydrogen-bond donors (Lipinski definition) is 2. The summed E-state index contributed by atoms with van der Waals surface area (Å²) in [6, 6.07) is 21.5. The van der Waals surface area contributed by atoms with E-state index in [2.05, 4.69) is 5.32 Å². The molecule has 0 saturated heterocycles. The number of ether oxygens (including phenoxy) is 1. The van der Waals surface area contributed by atoms with Gasteiger partial charge in [-0.2, -0.15) is 0 Å². The van der Waals surface area contributed by atoms with E-state index in [0.29, 0.717) is 16.7 Å². The second-order valence-electron chi connectivity index (χ2n) is 7.02. The van der Waals surface area contributed by atoms with Gasteiger partial charge in [0.05, 0.1) is 11.5 Å². The van der Waals surface area contributed by atoms with Gasteiger partial charge in [-0.15, -0.1) is 0 Å². The molecule has 0 saturated carbocycles. The molecule has 0 spiro atoms. The van der Waals surface area contributed by atoms with Crippen LogP contribution in [0.1, 0.15) is 18.6 Å². The third-order valence-corrected chi connectivity index (χ3v) is 4.93. The van der Waals surface area contributed by atoms with E-state index in [9.17, 15) is 14.7 Å². The lowest BCUT2D eigenvalue weighted by molar-refractivity contribution is -0.127. The third-order valence-electron chi connectivity index (χ3n) is 4.93. The largest absolute Gasteiger partial charge is 0.481 e. The molecule has 3 aromatic carbocycles. The maximum Gasteiger partial charge on any atom is 0.344 e. The molecule has 0 bridgehead atoms. The summed E-state index contributed by atoms with van der Waals surface area (Å²) in [7, 11) is 0. The monoisotopic (exact) mass is 403 g/mol. The van der Waals surface area contributed by atoms with Crippen LogP contribution in [-0.2, 0) is 4.79 Å². The molecule has 4 rings (SSSR count). The number of fused-ring (bicyclic) bond motifs is 3. The maximum atomic E-state index is 12.4. The summed E-state index contributed by atoms with van der Waals surface area (Å²) in [4.78, 5) is 24.6. The van der Waals surface area contributed by atoms with Gasteiger partial charge in [-0.25, -0.2) is 4.79 Å². The Hall–Kier alpha value is -3.64. The minimum absolute atomic E-state index is 0.0785. The van der Waals surface area contributed by atoms with Gasteiger partial charge in [-0.1, -0.05) is 48.5 Å². The molecule has 6 nitrogen and oxygen atoms in total. The minimum atomic E-state index is -0.800. The van der Waals surface area contributed by atoms with Crippen LogP contribution in [0, 0.1) is 0 Å². The highest BCUT2D eigenvalue weighted by Gasteiger charge is 2.17. The molecule has 1 amide bonds. The Morgan fingerprint density at radius 3 is 2.47 bits per heavy atom. The van der Waals surface area contributed by atoms with Crippen molar-refractivity contribution in [2.45, 2.75) is 19.1 Å². The van der Waals surface area contributed by atoms with Crippen LogP contribution in [-0.4, -0.2) is 23.7 Å². The average molecular weight is 403 g/mol. The summed E-state index contributed by atoms with van der Waals surface area (Å²) in [5, 5.41) is 15.0. The molecule has 1 heterocycles. The van der Waals surface area contributed by atoms with Crippen molar-refractivity contribution in [1.29, 1.82) is 0 Å². The predicted octanol–water partition coefficient (Wildman–Crippen LogP) is 3.56. The van der Waals surface area contributed by atoms with Gasteiger partial charge in [0, 0.05) is 18.0 Å². The molecule has 0 aliphatic rings. The van der Waals surface area contributed by atoms with Crippen LogP contribution in [0.4, 0.5) is 0 Å². The van der Waals surface area contributed by atoms with Crippen molar-refractivity contribution in [2.75, 3.05) is 6.54 Å². The SMILES string of the molecule is CC(Oc1ccc2c(c1)oc(=O)c1ccccc12)C(=O)NCC(O)c1ccccc1. The molecule has 4 aromatic rings. The molecule has 2 unspecified atom stereocenters. The first-order chi connectivity index (χ1) is 14.5. The van der Waals surface area contributed by atoms with Crippen LogP contribution in [0.3, 0.4) is 0 Å². The molecule has 2 N–H and O–H groups in total. The summed E-state index contributed by atoms with van der Waals surface area (Å²) in [6.07, 6.45) is -1.59. The quantitative estimate of drug-likeness (QED) is 0.380. The smallest absolute Gasteiger partial charge is 0.344 e. The van der Waals surface area contributed by atoms with Crippen molar-refractivity contribution >= 4 is 27.6 Å². The van der Waals surface area contributed by atoms with Crippen LogP contribution >= 0.6 is 0 Å². The molecule has 152 valence electrons. The molecule has 1 aromatic heterocycles. The van der Waals surface area contributed by atoms with E-state index in [4.69, 9.17) is 9.15 Å². The van der Waals surface area contributed by atoms with Gasteiger partial charge >= 0.3 is 5.63 Å². The van der Waals surface area contributed by atoms with Crippen molar-refractivity contribution in [3.8, 4) is 5.75 Å².